The molecule has 2 aromatic carbocycles. The van der Waals surface area contributed by atoms with Crippen molar-refractivity contribution in [2.24, 2.45) is 4.99 Å². The topological polar surface area (TPSA) is 63.8 Å². The van der Waals surface area contributed by atoms with Crippen molar-refractivity contribution in [3.05, 3.63) is 77.1 Å². The predicted molar refractivity (Wildman–Crippen MR) is 102 cm³/mol. The monoisotopic (exact) mass is 348 g/mol. The van der Waals surface area contributed by atoms with E-state index in [-0.39, 0.29) is 5.56 Å². The van der Waals surface area contributed by atoms with Crippen molar-refractivity contribution < 1.29 is 14.6 Å². The summed E-state index contributed by atoms with van der Waals surface area (Å²) in [6, 6.07) is 16.7. The van der Waals surface area contributed by atoms with Crippen molar-refractivity contribution in [1.29, 1.82) is 0 Å². The van der Waals surface area contributed by atoms with E-state index in [0.717, 1.165) is 28.4 Å². The Kier molecular flexibility index (Phi) is 4.89. The highest BCUT2D eigenvalue weighted by atomic mass is 16.5. The summed E-state index contributed by atoms with van der Waals surface area (Å²) in [5, 5.41) is 9.16. The molecule has 0 saturated heterocycles. The number of carbonyl (C=O) groups is 1. The van der Waals surface area contributed by atoms with E-state index in [0.29, 0.717) is 5.69 Å². The van der Waals surface area contributed by atoms with Crippen molar-refractivity contribution in [2.75, 3.05) is 7.11 Å². The number of aryl methyl sites for hydroxylation is 2. The Morgan fingerprint density at radius 1 is 1.08 bits per heavy atom. The summed E-state index contributed by atoms with van der Waals surface area (Å²) in [6.07, 6.45) is 1.76. The van der Waals surface area contributed by atoms with E-state index >= 15 is 0 Å². The second-order valence-corrected chi connectivity index (χ2v) is 6.00. The molecule has 0 spiro atoms. The third kappa shape index (κ3) is 3.52. The lowest BCUT2D eigenvalue weighted by molar-refractivity contribution is 0.0697. The van der Waals surface area contributed by atoms with E-state index in [1.165, 1.54) is 0 Å². The van der Waals surface area contributed by atoms with Gasteiger partial charge in [-0.3, -0.25) is 4.99 Å². The van der Waals surface area contributed by atoms with Crippen LogP contribution in [0.25, 0.3) is 5.69 Å². The van der Waals surface area contributed by atoms with Crippen molar-refractivity contribution in [1.82, 2.24) is 4.57 Å². The van der Waals surface area contributed by atoms with Gasteiger partial charge in [-0.1, -0.05) is 6.07 Å². The number of methoxy groups -OCH3 is 1. The number of rotatable bonds is 5. The lowest BCUT2D eigenvalue weighted by atomic mass is 10.1. The normalized spacial score (nSPS) is 11.0. The summed E-state index contributed by atoms with van der Waals surface area (Å²) in [7, 11) is 1.64. The standard InChI is InChI=1S/C21H20N2O3/c1-14-4-6-16(21(24)25)12-20(14)22-13-18-7-5-15(2)23(18)17-8-10-19(26-3)11-9-17/h4-13H,1-3H3,(H,24,25). The first-order chi connectivity index (χ1) is 12.5. The maximum Gasteiger partial charge on any atom is 0.335 e. The average Bonchev–Trinajstić information content (AvgIpc) is 3.01. The van der Waals surface area contributed by atoms with Gasteiger partial charge in [0.2, 0.25) is 0 Å². The SMILES string of the molecule is COc1ccc(-n2c(C)ccc2C=Nc2cc(C(=O)O)ccc2C)cc1. The first-order valence-corrected chi connectivity index (χ1v) is 8.20. The molecule has 0 aliphatic carbocycles. The zero-order chi connectivity index (χ0) is 18.7. The van der Waals surface area contributed by atoms with Crippen LogP contribution in [0, 0.1) is 13.8 Å². The van der Waals surface area contributed by atoms with Gasteiger partial charge in [-0.15, -0.1) is 0 Å². The van der Waals surface area contributed by atoms with E-state index < -0.39 is 5.97 Å². The number of carboxylic acids is 1. The molecule has 132 valence electrons. The van der Waals surface area contributed by atoms with Crippen LogP contribution in [0.4, 0.5) is 5.69 Å². The van der Waals surface area contributed by atoms with Gasteiger partial charge in [0.1, 0.15) is 5.75 Å². The van der Waals surface area contributed by atoms with Crippen LogP contribution < -0.4 is 4.74 Å². The van der Waals surface area contributed by atoms with Crippen LogP contribution in [-0.4, -0.2) is 29.0 Å². The first kappa shape index (κ1) is 17.5. The van der Waals surface area contributed by atoms with E-state index in [2.05, 4.69) is 9.56 Å². The molecule has 3 rings (SSSR count). The van der Waals surface area contributed by atoms with Gasteiger partial charge in [0.25, 0.3) is 0 Å². The highest BCUT2D eigenvalue weighted by Gasteiger charge is 2.08. The van der Waals surface area contributed by atoms with E-state index in [4.69, 9.17) is 9.84 Å². The van der Waals surface area contributed by atoms with Gasteiger partial charge < -0.3 is 14.4 Å². The van der Waals surface area contributed by atoms with Crippen LogP contribution in [0.5, 0.6) is 5.75 Å². The molecule has 5 nitrogen and oxygen atoms in total. The summed E-state index contributed by atoms with van der Waals surface area (Å²) in [5.74, 6) is -0.159. The average molecular weight is 348 g/mol. The summed E-state index contributed by atoms with van der Waals surface area (Å²) in [6.45, 7) is 3.93. The number of aliphatic imine (C=N–C) groups is 1. The second kappa shape index (κ2) is 7.27. The number of aromatic carboxylic acids is 1. The minimum atomic E-state index is -0.959. The molecule has 0 atom stereocenters. The van der Waals surface area contributed by atoms with Crippen molar-refractivity contribution in [2.45, 2.75) is 13.8 Å². The summed E-state index contributed by atoms with van der Waals surface area (Å²) >= 11 is 0. The molecule has 1 aromatic heterocycles. The van der Waals surface area contributed by atoms with Crippen LogP contribution in [-0.2, 0) is 0 Å². The van der Waals surface area contributed by atoms with Crippen LogP contribution in [0.15, 0.2) is 59.6 Å². The largest absolute Gasteiger partial charge is 0.497 e. The Morgan fingerprint density at radius 2 is 1.81 bits per heavy atom. The number of hydrogen-bond acceptors (Lipinski definition) is 3. The van der Waals surface area contributed by atoms with E-state index in [1.807, 2.05) is 50.2 Å². The molecule has 0 radical (unpaired) electrons. The van der Waals surface area contributed by atoms with Crippen LogP contribution in [0.1, 0.15) is 27.3 Å². The zero-order valence-electron chi connectivity index (χ0n) is 14.9. The number of ether oxygens (including phenoxy) is 1. The van der Waals surface area contributed by atoms with Gasteiger partial charge in [0.05, 0.1) is 30.3 Å². The zero-order valence-corrected chi connectivity index (χ0v) is 14.9. The minimum absolute atomic E-state index is 0.226. The van der Waals surface area contributed by atoms with E-state index in [9.17, 15) is 4.79 Å². The molecular weight excluding hydrogens is 328 g/mol. The van der Waals surface area contributed by atoms with Crippen molar-refractivity contribution >= 4 is 17.9 Å². The molecule has 0 fully saturated rings. The van der Waals surface area contributed by atoms with Gasteiger partial charge in [-0.05, 0) is 67.9 Å². The Bertz CT molecular complexity index is 969. The molecule has 0 saturated carbocycles. The Hall–Kier alpha value is -3.34. The minimum Gasteiger partial charge on any atom is -0.497 e. The fourth-order valence-corrected chi connectivity index (χ4v) is 2.76. The van der Waals surface area contributed by atoms with Crippen LogP contribution in [0.2, 0.25) is 0 Å². The van der Waals surface area contributed by atoms with Crippen molar-refractivity contribution in [3.63, 3.8) is 0 Å². The van der Waals surface area contributed by atoms with Gasteiger partial charge in [-0.2, -0.15) is 0 Å². The fraction of sp³-hybridized carbons (Fsp3) is 0.143. The molecule has 1 heterocycles. The molecule has 0 aliphatic rings. The molecule has 0 amide bonds. The molecule has 0 unspecified atom stereocenters. The lowest BCUT2D eigenvalue weighted by Gasteiger charge is -2.10. The second-order valence-electron chi connectivity index (χ2n) is 6.00. The Balaban J connectivity index is 1.97. The predicted octanol–water partition coefficient (Wildman–Crippen LogP) is 4.55. The Labute approximate surface area is 152 Å². The fourth-order valence-electron chi connectivity index (χ4n) is 2.76. The molecule has 3 aromatic rings. The smallest absolute Gasteiger partial charge is 0.335 e. The summed E-state index contributed by atoms with van der Waals surface area (Å²) < 4.78 is 7.30. The van der Waals surface area contributed by atoms with Crippen LogP contribution in [0.3, 0.4) is 0 Å². The van der Waals surface area contributed by atoms with Crippen molar-refractivity contribution in [3.8, 4) is 11.4 Å². The molecule has 0 aliphatic heterocycles. The molecule has 1 N–H and O–H groups in total. The highest BCUT2D eigenvalue weighted by molar-refractivity contribution is 5.89. The summed E-state index contributed by atoms with van der Waals surface area (Å²) in [5.41, 5.74) is 4.78. The summed E-state index contributed by atoms with van der Waals surface area (Å²) in [4.78, 5) is 15.7. The molecule has 0 bridgehead atoms. The van der Waals surface area contributed by atoms with Crippen LogP contribution >= 0.6 is 0 Å². The third-order valence-corrected chi connectivity index (χ3v) is 4.23. The quantitative estimate of drug-likeness (QED) is 0.688. The molecule has 26 heavy (non-hydrogen) atoms. The lowest BCUT2D eigenvalue weighted by Crippen LogP contribution is -2.01. The number of hydrogen-bond donors (Lipinski definition) is 1. The third-order valence-electron chi connectivity index (χ3n) is 4.23. The molecule has 5 heteroatoms. The number of carboxylic acid groups (broad SMARTS) is 1. The maximum atomic E-state index is 11.2. The van der Waals surface area contributed by atoms with Gasteiger partial charge in [0, 0.05) is 11.4 Å². The van der Waals surface area contributed by atoms with E-state index in [1.54, 1.807) is 31.5 Å². The number of nitrogens with zero attached hydrogens (tertiary/aromatic N) is 2. The van der Waals surface area contributed by atoms with Gasteiger partial charge >= 0.3 is 5.97 Å². The van der Waals surface area contributed by atoms with Gasteiger partial charge in [-0.25, -0.2) is 4.79 Å². The Morgan fingerprint density at radius 3 is 2.46 bits per heavy atom. The van der Waals surface area contributed by atoms with Gasteiger partial charge in [0.15, 0.2) is 0 Å². The first-order valence-electron chi connectivity index (χ1n) is 8.20. The number of aromatic nitrogens is 1. The molecular formula is C21H20N2O3. The number of benzene rings is 2. The highest BCUT2D eigenvalue weighted by Crippen LogP contribution is 2.22. The maximum absolute atomic E-state index is 11.2.